The summed E-state index contributed by atoms with van der Waals surface area (Å²) in [6.07, 6.45) is 8.67. The zero-order chi connectivity index (χ0) is 13.8. The molecule has 0 spiro atoms. The van der Waals surface area contributed by atoms with Gasteiger partial charge in [0.2, 0.25) is 0 Å². The summed E-state index contributed by atoms with van der Waals surface area (Å²) in [4.78, 5) is 5.66. The van der Waals surface area contributed by atoms with Gasteiger partial charge < -0.3 is 5.32 Å². The van der Waals surface area contributed by atoms with Crippen LogP contribution in [-0.2, 0) is 6.54 Å². The summed E-state index contributed by atoms with van der Waals surface area (Å²) in [5.74, 6) is 0. The van der Waals surface area contributed by atoms with Gasteiger partial charge in [0.15, 0.2) is 0 Å². The normalized spacial score (nSPS) is 16.4. The minimum atomic E-state index is 0.677. The molecule has 0 atom stereocenters. The quantitative estimate of drug-likeness (QED) is 0.870. The lowest BCUT2D eigenvalue weighted by atomic mass is 9.96. The van der Waals surface area contributed by atoms with Crippen molar-refractivity contribution in [2.75, 3.05) is 0 Å². The van der Waals surface area contributed by atoms with Crippen molar-refractivity contribution in [2.45, 2.75) is 44.7 Å². The van der Waals surface area contributed by atoms with E-state index in [1.807, 2.05) is 30.5 Å². The smallest absolute Gasteiger partial charge is 0.107 e. The lowest BCUT2D eigenvalue weighted by Gasteiger charge is -2.22. The Morgan fingerprint density at radius 2 is 2.00 bits per heavy atom. The molecule has 0 amide bonds. The number of halogens is 1. The van der Waals surface area contributed by atoms with Crippen LogP contribution in [0.5, 0.6) is 0 Å². The van der Waals surface area contributed by atoms with E-state index in [1.54, 1.807) is 11.3 Å². The van der Waals surface area contributed by atoms with E-state index in [0.29, 0.717) is 6.04 Å². The molecule has 106 valence electrons. The van der Waals surface area contributed by atoms with Gasteiger partial charge in [0, 0.05) is 29.4 Å². The fourth-order valence-electron chi connectivity index (χ4n) is 2.72. The van der Waals surface area contributed by atoms with Crippen molar-refractivity contribution in [1.29, 1.82) is 0 Å². The average molecular weight is 307 g/mol. The van der Waals surface area contributed by atoms with Gasteiger partial charge in [-0.3, -0.25) is 0 Å². The minimum Gasteiger partial charge on any atom is -0.308 e. The van der Waals surface area contributed by atoms with Gasteiger partial charge in [-0.25, -0.2) is 4.98 Å². The molecule has 2 aromatic rings. The first-order chi connectivity index (χ1) is 9.83. The summed E-state index contributed by atoms with van der Waals surface area (Å²) >= 11 is 7.96. The highest BCUT2D eigenvalue weighted by molar-refractivity contribution is 7.15. The average Bonchev–Trinajstić information content (AvgIpc) is 2.95. The zero-order valence-electron chi connectivity index (χ0n) is 11.4. The molecular weight excluding hydrogens is 288 g/mol. The Morgan fingerprint density at radius 1 is 1.20 bits per heavy atom. The number of nitrogens with zero attached hydrogens (tertiary/aromatic N) is 1. The number of hydrogen-bond acceptors (Lipinski definition) is 3. The van der Waals surface area contributed by atoms with Crippen LogP contribution < -0.4 is 5.32 Å². The molecule has 1 aliphatic carbocycles. The lowest BCUT2D eigenvalue weighted by molar-refractivity contribution is 0.372. The van der Waals surface area contributed by atoms with Crippen molar-refractivity contribution < 1.29 is 0 Å². The largest absolute Gasteiger partial charge is 0.308 e. The van der Waals surface area contributed by atoms with E-state index >= 15 is 0 Å². The molecule has 0 radical (unpaired) electrons. The van der Waals surface area contributed by atoms with Gasteiger partial charge in [0.05, 0.1) is 4.88 Å². The van der Waals surface area contributed by atoms with Crippen LogP contribution in [0.4, 0.5) is 0 Å². The molecule has 1 aromatic carbocycles. The standard InChI is InChI=1S/C16H19ClN2S/c17-14-9-5-4-8-13(14)15-10-19-16(20-15)11-18-12-6-2-1-3-7-12/h4-5,8-10,12,18H,1-3,6-7,11H2. The summed E-state index contributed by atoms with van der Waals surface area (Å²) < 4.78 is 0. The van der Waals surface area contributed by atoms with Gasteiger partial charge in [-0.1, -0.05) is 49.1 Å². The third kappa shape index (κ3) is 3.40. The molecule has 2 nitrogen and oxygen atoms in total. The Bertz CT molecular complexity index is 561. The number of hydrogen-bond donors (Lipinski definition) is 1. The van der Waals surface area contributed by atoms with E-state index in [4.69, 9.17) is 11.6 Å². The van der Waals surface area contributed by atoms with E-state index in [1.165, 1.54) is 32.1 Å². The van der Waals surface area contributed by atoms with Crippen LogP contribution in [0.3, 0.4) is 0 Å². The van der Waals surface area contributed by atoms with E-state index < -0.39 is 0 Å². The van der Waals surface area contributed by atoms with Crippen LogP contribution in [-0.4, -0.2) is 11.0 Å². The van der Waals surface area contributed by atoms with Crippen LogP contribution in [0.15, 0.2) is 30.5 Å². The maximum Gasteiger partial charge on any atom is 0.107 e. The molecule has 0 aliphatic heterocycles. The summed E-state index contributed by atoms with van der Waals surface area (Å²) in [5, 5.41) is 5.57. The molecule has 3 rings (SSSR count). The number of rotatable bonds is 4. The fraction of sp³-hybridized carbons (Fsp3) is 0.438. The molecule has 1 heterocycles. The first kappa shape index (κ1) is 14.1. The summed E-state index contributed by atoms with van der Waals surface area (Å²) in [5.41, 5.74) is 1.08. The van der Waals surface area contributed by atoms with Crippen molar-refractivity contribution in [3.8, 4) is 10.4 Å². The Balaban J connectivity index is 1.63. The number of aromatic nitrogens is 1. The van der Waals surface area contributed by atoms with Gasteiger partial charge in [-0.2, -0.15) is 0 Å². The number of nitrogens with one attached hydrogen (secondary N) is 1. The zero-order valence-corrected chi connectivity index (χ0v) is 13.0. The third-order valence-electron chi connectivity index (χ3n) is 3.84. The number of thiazole rings is 1. The Labute approximate surface area is 129 Å². The van der Waals surface area contributed by atoms with E-state index in [0.717, 1.165) is 27.0 Å². The second-order valence-electron chi connectivity index (χ2n) is 5.31. The van der Waals surface area contributed by atoms with E-state index in [2.05, 4.69) is 10.3 Å². The molecule has 0 bridgehead atoms. The van der Waals surface area contributed by atoms with Gasteiger partial charge in [0.1, 0.15) is 5.01 Å². The van der Waals surface area contributed by atoms with Gasteiger partial charge in [-0.15, -0.1) is 11.3 Å². The molecule has 0 saturated heterocycles. The number of benzene rings is 1. The SMILES string of the molecule is Clc1ccccc1-c1cnc(CNC2CCCCC2)s1. The van der Waals surface area contributed by atoms with Gasteiger partial charge in [-0.05, 0) is 18.9 Å². The van der Waals surface area contributed by atoms with Crippen molar-refractivity contribution >= 4 is 22.9 Å². The summed E-state index contributed by atoms with van der Waals surface area (Å²) in [6.45, 7) is 0.875. The maximum atomic E-state index is 6.23. The molecule has 1 aromatic heterocycles. The maximum absolute atomic E-state index is 6.23. The Kier molecular flexibility index (Phi) is 4.71. The topological polar surface area (TPSA) is 24.9 Å². The van der Waals surface area contributed by atoms with Crippen LogP contribution in [0.25, 0.3) is 10.4 Å². The molecule has 1 N–H and O–H groups in total. The summed E-state index contributed by atoms with van der Waals surface area (Å²) in [6, 6.07) is 8.63. The highest BCUT2D eigenvalue weighted by atomic mass is 35.5. The second-order valence-corrected chi connectivity index (χ2v) is 6.84. The molecular formula is C16H19ClN2S. The molecule has 1 aliphatic rings. The van der Waals surface area contributed by atoms with Crippen molar-refractivity contribution in [2.24, 2.45) is 0 Å². The first-order valence-corrected chi connectivity index (χ1v) is 8.45. The molecule has 4 heteroatoms. The highest BCUT2D eigenvalue weighted by Crippen LogP contribution is 2.31. The van der Waals surface area contributed by atoms with Crippen LogP contribution in [0, 0.1) is 0 Å². The monoisotopic (exact) mass is 306 g/mol. The van der Waals surface area contributed by atoms with Gasteiger partial charge in [0.25, 0.3) is 0 Å². The lowest BCUT2D eigenvalue weighted by Crippen LogP contribution is -2.30. The Hall–Kier alpha value is -0.900. The van der Waals surface area contributed by atoms with E-state index in [-0.39, 0.29) is 0 Å². The molecule has 20 heavy (non-hydrogen) atoms. The van der Waals surface area contributed by atoms with Crippen molar-refractivity contribution in [1.82, 2.24) is 10.3 Å². The Morgan fingerprint density at radius 3 is 2.80 bits per heavy atom. The van der Waals surface area contributed by atoms with Gasteiger partial charge >= 0.3 is 0 Å². The summed E-state index contributed by atoms with van der Waals surface area (Å²) in [7, 11) is 0. The van der Waals surface area contributed by atoms with Crippen LogP contribution in [0.2, 0.25) is 5.02 Å². The molecule has 1 fully saturated rings. The third-order valence-corrected chi connectivity index (χ3v) is 5.20. The van der Waals surface area contributed by atoms with Crippen LogP contribution >= 0.6 is 22.9 Å². The van der Waals surface area contributed by atoms with Crippen molar-refractivity contribution in [3.05, 3.63) is 40.5 Å². The fourth-order valence-corrected chi connectivity index (χ4v) is 3.92. The highest BCUT2D eigenvalue weighted by Gasteiger charge is 2.13. The predicted molar refractivity (Wildman–Crippen MR) is 86.3 cm³/mol. The first-order valence-electron chi connectivity index (χ1n) is 7.26. The minimum absolute atomic E-state index is 0.677. The molecule has 0 unspecified atom stereocenters. The van der Waals surface area contributed by atoms with E-state index in [9.17, 15) is 0 Å². The van der Waals surface area contributed by atoms with Crippen LogP contribution in [0.1, 0.15) is 37.1 Å². The molecule has 1 saturated carbocycles. The predicted octanol–water partition coefficient (Wildman–Crippen LogP) is 4.89. The van der Waals surface area contributed by atoms with Crippen molar-refractivity contribution in [3.63, 3.8) is 0 Å². The second kappa shape index (κ2) is 6.70.